The quantitative estimate of drug-likeness (QED) is 0.601. The highest BCUT2D eigenvalue weighted by atomic mass is 35.5. The largest absolute Gasteiger partial charge is 0.330 e. The van der Waals surface area contributed by atoms with Gasteiger partial charge in [0.2, 0.25) is 10.0 Å². The lowest BCUT2D eigenvalue weighted by Gasteiger charge is -2.18. The van der Waals surface area contributed by atoms with E-state index in [0.717, 1.165) is 5.56 Å². The van der Waals surface area contributed by atoms with Crippen LogP contribution in [0.2, 0.25) is 0 Å². The Morgan fingerprint density at radius 3 is 2.41 bits per heavy atom. The third kappa shape index (κ3) is 3.98. The standard InChI is InChI=1S/C18H21N3O4S.ClH/c1-13-17(21(22)23)8-5-9-18(13)26(24,25)20-11-15(10-19)16(12-20)14-6-3-2-4-7-14;/h2-9,15-16H,10-12,19H2,1H3;1H/t15-,16+;/m1./s1. The van der Waals surface area contributed by atoms with E-state index in [0.29, 0.717) is 19.6 Å². The minimum atomic E-state index is -3.84. The number of nitro groups is 1. The first-order valence-corrected chi connectivity index (χ1v) is 9.79. The summed E-state index contributed by atoms with van der Waals surface area (Å²) in [6.45, 7) is 2.46. The van der Waals surface area contributed by atoms with Crippen molar-refractivity contribution in [1.29, 1.82) is 0 Å². The SMILES string of the molecule is Cc1c([N+](=O)[O-])cccc1S(=O)(=O)N1C[C@@H](CN)[C@H](c2ccccc2)C1.Cl. The molecule has 2 aromatic carbocycles. The molecule has 1 saturated heterocycles. The molecular weight excluding hydrogens is 390 g/mol. The monoisotopic (exact) mass is 411 g/mol. The van der Waals surface area contributed by atoms with Gasteiger partial charge in [0, 0.05) is 30.6 Å². The van der Waals surface area contributed by atoms with E-state index in [1.54, 1.807) is 0 Å². The minimum Gasteiger partial charge on any atom is -0.330 e. The van der Waals surface area contributed by atoms with Gasteiger partial charge in [0.1, 0.15) is 0 Å². The second kappa shape index (κ2) is 8.35. The van der Waals surface area contributed by atoms with Gasteiger partial charge in [-0.1, -0.05) is 36.4 Å². The predicted octanol–water partition coefficient (Wildman–Crippen LogP) is 2.69. The Morgan fingerprint density at radius 1 is 1.15 bits per heavy atom. The molecule has 0 aliphatic carbocycles. The van der Waals surface area contributed by atoms with Gasteiger partial charge in [-0.3, -0.25) is 10.1 Å². The van der Waals surface area contributed by atoms with Gasteiger partial charge in [-0.2, -0.15) is 4.31 Å². The van der Waals surface area contributed by atoms with Crippen molar-refractivity contribution in [3.8, 4) is 0 Å². The molecule has 0 unspecified atom stereocenters. The van der Waals surface area contributed by atoms with Crippen LogP contribution in [-0.2, 0) is 10.0 Å². The van der Waals surface area contributed by atoms with E-state index >= 15 is 0 Å². The number of halogens is 1. The lowest BCUT2D eigenvalue weighted by Crippen LogP contribution is -2.30. The van der Waals surface area contributed by atoms with Gasteiger partial charge in [0.25, 0.3) is 5.69 Å². The van der Waals surface area contributed by atoms with Crippen LogP contribution in [0.5, 0.6) is 0 Å². The fourth-order valence-corrected chi connectivity index (χ4v) is 5.33. The first-order chi connectivity index (χ1) is 12.4. The van der Waals surface area contributed by atoms with Crippen LogP contribution in [-0.4, -0.2) is 37.3 Å². The van der Waals surface area contributed by atoms with E-state index in [1.165, 1.54) is 29.4 Å². The Kier molecular flexibility index (Phi) is 6.59. The maximum Gasteiger partial charge on any atom is 0.273 e. The summed E-state index contributed by atoms with van der Waals surface area (Å²) in [5.74, 6) is 0.0150. The van der Waals surface area contributed by atoms with Gasteiger partial charge in [0.05, 0.1) is 9.82 Å². The molecule has 1 fully saturated rings. The van der Waals surface area contributed by atoms with Crippen LogP contribution in [0, 0.1) is 23.0 Å². The Morgan fingerprint density at radius 2 is 1.81 bits per heavy atom. The van der Waals surface area contributed by atoms with Crippen LogP contribution in [0.3, 0.4) is 0 Å². The van der Waals surface area contributed by atoms with Gasteiger partial charge in [-0.25, -0.2) is 8.42 Å². The van der Waals surface area contributed by atoms with E-state index in [9.17, 15) is 18.5 Å². The summed E-state index contributed by atoms with van der Waals surface area (Å²) < 4.78 is 27.7. The highest BCUT2D eigenvalue weighted by Crippen LogP contribution is 2.36. The van der Waals surface area contributed by atoms with Gasteiger partial charge < -0.3 is 5.73 Å². The zero-order valence-electron chi connectivity index (χ0n) is 14.8. The molecule has 2 N–H and O–H groups in total. The zero-order chi connectivity index (χ0) is 18.9. The summed E-state index contributed by atoms with van der Waals surface area (Å²) in [5, 5.41) is 11.1. The van der Waals surface area contributed by atoms with Crippen LogP contribution in [0.1, 0.15) is 17.0 Å². The van der Waals surface area contributed by atoms with E-state index < -0.39 is 14.9 Å². The van der Waals surface area contributed by atoms with E-state index in [2.05, 4.69) is 0 Å². The summed E-state index contributed by atoms with van der Waals surface area (Å²) in [4.78, 5) is 10.6. The third-order valence-corrected chi connectivity index (χ3v) is 6.98. The zero-order valence-corrected chi connectivity index (χ0v) is 16.4. The number of nitrogens with zero attached hydrogens (tertiary/aromatic N) is 2. The first-order valence-electron chi connectivity index (χ1n) is 8.35. The van der Waals surface area contributed by atoms with Crippen molar-refractivity contribution >= 4 is 28.1 Å². The molecule has 9 heteroatoms. The molecule has 1 aliphatic heterocycles. The molecule has 0 saturated carbocycles. The normalized spacial score (nSPS) is 20.2. The number of rotatable bonds is 5. The average molecular weight is 412 g/mol. The minimum absolute atomic E-state index is 0. The fraction of sp³-hybridized carbons (Fsp3) is 0.333. The summed E-state index contributed by atoms with van der Waals surface area (Å²) in [7, 11) is -3.84. The Balaban J connectivity index is 0.00000261. The number of benzene rings is 2. The molecule has 0 amide bonds. The Hall–Kier alpha value is -2.00. The maximum atomic E-state index is 13.1. The average Bonchev–Trinajstić information content (AvgIpc) is 3.07. The molecule has 0 bridgehead atoms. The van der Waals surface area contributed by atoms with Crippen LogP contribution in [0.25, 0.3) is 0 Å². The summed E-state index contributed by atoms with van der Waals surface area (Å²) in [6, 6.07) is 13.8. The van der Waals surface area contributed by atoms with Crippen molar-refractivity contribution in [2.45, 2.75) is 17.7 Å². The summed E-state index contributed by atoms with van der Waals surface area (Å²) in [6.07, 6.45) is 0. The first kappa shape index (κ1) is 21.3. The Labute approximate surface area is 164 Å². The van der Waals surface area contributed by atoms with Crippen LogP contribution in [0.15, 0.2) is 53.4 Å². The lowest BCUT2D eigenvalue weighted by atomic mass is 9.89. The Bertz CT molecular complexity index is 921. The molecule has 2 aromatic rings. The molecule has 1 aliphatic rings. The van der Waals surface area contributed by atoms with Crippen LogP contribution >= 0.6 is 12.4 Å². The molecule has 3 rings (SSSR count). The number of sulfonamides is 1. The number of nitro benzene ring substituents is 1. The number of nitrogens with two attached hydrogens (primary N) is 1. The van der Waals surface area contributed by atoms with Crippen molar-refractivity contribution < 1.29 is 13.3 Å². The van der Waals surface area contributed by atoms with E-state index in [4.69, 9.17) is 5.73 Å². The third-order valence-electron chi connectivity index (χ3n) is 5.01. The molecule has 7 nitrogen and oxygen atoms in total. The maximum absolute atomic E-state index is 13.1. The smallest absolute Gasteiger partial charge is 0.273 e. The highest BCUT2D eigenvalue weighted by Gasteiger charge is 2.40. The van der Waals surface area contributed by atoms with Crippen LogP contribution in [0.4, 0.5) is 5.69 Å². The molecule has 27 heavy (non-hydrogen) atoms. The molecular formula is C18H22ClN3O4S. The molecule has 2 atom stereocenters. The fourth-order valence-electron chi connectivity index (χ4n) is 3.56. The van der Waals surface area contributed by atoms with Gasteiger partial charge >= 0.3 is 0 Å². The highest BCUT2D eigenvalue weighted by molar-refractivity contribution is 7.89. The number of hydrogen-bond acceptors (Lipinski definition) is 5. The van der Waals surface area contributed by atoms with E-state index in [-0.39, 0.29) is 40.4 Å². The molecule has 0 radical (unpaired) electrons. The van der Waals surface area contributed by atoms with Crippen molar-refractivity contribution in [2.24, 2.45) is 11.7 Å². The van der Waals surface area contributed by atoms with Gasteiger partial charge in [-0.05, 0) is 31.0 Å². The van der Waals surface area contributed by atoms with Crippen LogP contribution < -0.4 is 5.73 Å². The summed E-state index contributed by atoms with van der Waals surface area (Å²) in [5.41, 5.74) is 6.90. The molecule has 0 aromatic heterocycles. The molecule has 0 spiro atoms. The second-order valence-electron chi connectivity index (χ2n) is 6.49. The second-order valence-corrected chi connectivity index (χ2v) is 8.40. The van der Waals surface area contributed by atoms with Crippen molar-refractivity contribution in [3.63, 3.8) is 0 Å². The van der Waals surface area contributed by atoms with E-state index in [1.807, 2.05) is 30.3 Å². The molecule has 146 valence electrons. The topological polar surface area (TPSA) is 107 Å². The van der Waals surface area contributed by atoms with Gasteiger partial charge in [-0.15, -0.1) is 12.4 Å². The predicted molar refractivity (Wildman–Crippen MR) is 106 cm³/mol. The number of hydrogen-bond donors (Lipinski definition) is 1. The molecule has 1 heterocycles. The summed E-state index contributed by atoms with van der Waals surface area (Å²) >= 11 is 0. The van der Waals surface area contributed by atoms with Crippen molar-refractivity contribution in [2.75, 3.05) is 19.6 Å². The van der Waals surface area contributed by atoms with Crippen molar-refractivity contribution in [3.05, 3.63) is 69.8 Å². The lowest BCUT2D eigenvalue weighted by molar-refractivity contribution is -0.385. The van der Waals surface area contributed by atoms with Crippen molar-refractivity contribution in [1.82, 2.24) is 4.31 Å². The van der Waals surface area contributed by atoms with Gasteiger partial charge in [0.15, 0.2) is 0 Å².